The molecule has 2 unspecified atom stereocenters. The smallest absolute Gasteiger partial charge is 0.333 e. The Morgan fingerprint density at radius 2 is 1.51 bits per heavy atom. The normalized spacial score (nSPS) is 18.5. The maximum atomic E-state index is 10.9. The van der Waals surface area contributed by atoms with Gasteiger partial charge in [0.25, 0.3) is 5.91 Å². The van der Waals surface area contributed by atoms with E-state index in [0.717, 1.165) is 5.71 Å². The van der Waals surface area contributed by atoms with Crippen molar-refractivity contribution in [2.75, 3.05) is 14.2 Å². The fraction of sp³-hybridized carbons (Fsp3) is 0.667. The molecule has 1 fully saturated rings. The lowest BCUT2D eigenvalue weighted by atomic mass is 9.89. The summed E-state index contributed by atoms with van der Waals surface area (Å²) in [6, 6.07) is 0.280. The van der Waals surface area contributed by atoms with Gasteiger partial charge in [0.15, 0.2) is 0 Å². The molecule has 0 bridgehead atoms. The number of nitrogens with one attached hydrogen (secondary N) is 3. The molecule has 2 atom stereocenters. The standard InChI is InChI=1S/C7H12O3.C6H10N2O.C6H10O2.C5H10N2O.2H4N2.2H2/c1-5(8)7(2,3)6(9)10-4;1-4-6(2,3)5(9)8-7-4;1-4-5(2)6(7)8-3;1-3-4(2)6-7-5(3)8;2*1-2;;/h1-4H3;1-3H3,(H,8,9);4H,1-3H3;3-4,6H,1-2H3,(H,7,8);2*1-2H2;2*1H/p+2/b;;5-4+;;;;;/i;;;;;;2*1+1. The van der Waals surface area contributed by atoms with Gasteiger partial charge >= 0.3 is 11.9 Å². The molecule has 0 aromatic heterocycles. The fourth-order valence-electron chi connectivity index (χ4n) is 1.91. The minimum Gasteiger partial charge on any atom is -0.468 e. The average molecular weight is 571 g/mol. The highest BCUT2D eigenvalue weighted by Crippen LogP contribution is 2.21. The Morgan fingerprint density at radius 1 is 1.05 bits per heavy atom. The number of Topliss-reactive ketones (excluding diaryl/α,β-unsaturated/α-hetero) is 1. The summed E-state index contributed by atoms with van der Waals surface area (Å²) >= 11 is 0. The highest BCUT2D eigenvalue weighted by atomic mass is 16.5. The summed E-state index contributed by atoms with van der Waals surface area (Å²) in [6.07, 6.45) is 1.71. The first-order valence-electron chi connectivity index (χ1n) is 11.9. The Kier molecular flexibility index (Phi) is 23.8. The number of rotatable bonds is 3. The molecule has 1 saturated heterocycles. The Morgan fingerprint density at radius 3 is 1.62 bits per heavy atom. The molecule has 0 aliphatic carbocycles. The number of ether oxygens (including phenoxy) is 2. The number of hydrogen-bond donors (Lipinski definition) is 7. The Labute approximate surface area is 234 Å². The molecule has 2 heterocycles. The lowest BCUT2D eigenvalue weighted by Crippen LogP contribution is -2.59. The molecule has 15 heteroatoms. The van der Waals surface area contributed by atoms with E-state index in [1.807, 2.05) is 34.6 Å². The second-order valence-electron chi connectivity index (χ2n) is 9.11. The summed E-state index contributed by atoms with van der Waals surface area (Å²) in [4.78, 5) is 53.5. The molecular weight excluding hydrogens is 512 g/mol. The summed E-state index contributed by atoms with van der Waals surface area (Å²) < 4.78 is 8.81. The van der Waals surface area contributed by atoms with Gasteiger partial charge < -0.3 is 9.47 Å². The molecule has 0 spiro atoms. The topological polar surface area (TPSA) is 260 Å². The van der Waals surface area contributed by atoms with E-state index in [1.165, 1.54) is 21.1 Å². The number of carbonyl (C=O) groups excluding carboxylic acids is 5. The van der Waals surface area contributed by atoms with Gasteiger partial charge in [0.05, 0.1) is 31.3 Å². The third kappa shape index (κ3) is 15.7. The van der Waals surface area contributed by atoms with Crippen molar-refractivity contribution >= 4 is 35.2 Å². The first kappa shape index (κ1) is 42.8. The van der Waals surface area contributed by atoms with Crippen LogP contribution in [0.4, 0.5) is 0 Å². The van der Waals surface area contributed by atoms with Gasteiger partial charge in [-0.05, 0) is 62.3 Å². The average Bonchev–Trinajstić information content (AvgIpc) is 3.35. The Hall–Kier alpha value is -3.24. The quantitative estimate of drug-likeness (QED) is 0.0697. The van der Waals surface area contributed by atoms with Gasteiger partial charge in [0, 0.05) is 14.5 Å². The number of hydrazine groups is 1. The summed E-state index contributed by atoms with van der Waals surface area (Å²) in [7, 11) is 2.64. The number of nitrogens with zero attached hydrogens (tertiary/aromatic N) is 1. The van der Waals surface area contributed by atoms with E-state index in [1.54, 1.807) is 33.8 Å². The van der Waals surface area contributed by atoms with Crippen LogP contribution in [-0.2, 0) is 33.4 Å². The van der Waals surface area contributed by atoms with E-state index in [-0.39, 0.29) is 43.8 Å². The molecule has 0 saturated carbocycles. The maximum Gasteiger partial charge on any atom is 0.333 e. The molecule has 15 nitrogen and oxygen atoms in total. The van der Waals surface area contributed by atoms with E-state index in [2.05, 4.69) is 54.2 Å². The molecule has 2 aliphatic rings. The number of hydrazone groups is 1. The van der Waals surface area contributed by atoms with E-state index >= 15 is 0 Å². The third-order valence-corrected chi connectivity index (χ3v) is 5.90. The molecule has 2 rings (SSSR count). The Bertz CT molecular complexity index is 867. The van der Waals surface area contributed by atoms with Gasteiger partial charge in [-0.2, -0.15) is 16.8 Å². The zero-order valence-electron chi connectivity index (χ0n) is 25.6. The van der Waals surface area contributed by atoms with Gasteiger partial charge in [0.1, 0.15) is 11.2 Å². The first-order chi connectivity index (χ1) is 17.9. The maximum absolute atomic E-state index is 10.9. The predicted molar refractivity (Wildman–Crippen MR) is 151 cm³/mol. The molecular formula is C24H56N8O7+2. The predicted octanol–water partition coefficient (Wildman–Crippen LogP) is -1.24. The number of carbonyl (C=O) groups is 5. The van der Waals surface area contributed by atoms with E-state index in [4.69, 9.17) is 0 Å². The fourth-order valence-corrected chi connectivity index (χ4v) is 1.91. The summed E-state index contributed by atoms with van der Waals surface area (Å²) in [5.41, 5.74) is 7.88. The van der Waals surface area contributed by atoms with Crippen LogP contribution in [0.3, 0.4) is 0 Å². The zero-order chi connectivity index (χ0) is 32.1. The summed E-state index contributed by atoms with van der Waals surface area (Å²) in [5.74, 6) is 13.3. The van der Waals surface area contributed by atoms with Crippen LogP contribution >= 0.6 is 0 Å². The van der Waals surface area contributed by atoms with Crippen molar-refractivity contribution in [2.24, 2.45) is 33.5 Å². The van der Waals surface area contributed by atoms with Crippen molar-refractivity contribution in [1.82, 2.24) is 16.3 Å². The second-order valence-corrected chi connectivity index (χ2v) is 9.11. The van der Waals surface area contributed by atoms with Crippen molar-refractivity contribution in [3.8, 4) is 0 Å². The second kappa shape index (κ2) is 21.7. The van der Waals surface area contributed by atoms with Crippen molar-refractivity contribution in [3.63, 3.8) is 0 Å². The Balaban J connectivity index is -0.0000000943. The van der Waals surface area contributed by atoms with Crippen LogP contribution in [0.5, 0.6) is 0 Å². The largest absolute Gasteiger partial charge is 0.468 e. The van der Waals surface area contributed by atoms with Crippen LogP contribution in [0, 0.1) is 16.7 Å². The van der Waals surface area contributed by atoms with Crippen LogP contribution in [0.1, 0.15) is 72.1 Å². The number of allylic oxidation sites excluding steroid dienone is 1. The molecule has 13 N–H and O–H groups in total. The minimum atomic E-state index is -0.991. The highest BCUT2D eigenvalue weighted by molar-refractivity contribution is 6.10. The SMILES string of the molecule is C/C=C(\C)C(=O)OC.CC1=NNC(=O)C1(C)C.CC1NNC(=O)C1C.COC(=O)C(C)(C)C(C)=O.N[NH3+].N[NH3+].[2HH].[2HH]. The van der Waals surface area contributed by atoms with Gasteiger partial charge in [-0.1, -0.05) is 13.0 Å². The van der Waals surface area contributed by atoms with Crippen molar-refractivity contribution in [3.05, 3.63) is 11.6 Å². The van der Waals surface area contributed by atoms with Gasteiger partial charge in [-0.15, -0.1) is 0 Å². The summed E-state index contributed by atoms with van der Waals surface area (Å²) in [6.45, 7) is 17.4. The van der Waals surface area contributed by atoms with E-state index < -0.39 is 11.4 Å². The number of methoxy groups -OCH3 is 2. The van der Waals surface area contributed by atoms with Crippen LogP contribution in [0.15, 0.2) is 16.8 Å². The zero-order valence-corrected chi connectivity index (χ0v) is 25.6. The van der Waals surface area contributed by atoms with Crippen molar-refractivity contribution < 1.29 is 48.0 Å². The van der Waals surface area contributed by atoms with Crippen LogP contribution < -0.4 is 39.6 Å². The van der Waals surface area contributed by atoms with Crippen molar-refractivity contribution in [1.29, 1.82) is 0 Å². The molecule has 2 amide bonds. The van der Waals surface area contributed by atoms with Crippen LogP contribution in [-0.4, -0.2) is 55.5 Å². The third-order valence-electron chi connectivity index (χ3n) is 5.90. The number of amides is 2. The van der Waals surface area contributed by atoms with Crippen molar-refractivity contribution in [2.45, 2.75) is 75.3 Å². The summed E-state index contributed by atoms with van der Waals surface area (Å²) in [5, 5.41) is 3.79. The molecule has 0 aromatic rings. The number of quaternary nitrogens is 2. The number of nitrogens with two attached hydrogens (primary N) is 2. The lowest BCUT2D eigenvalue weighted by molar-refractivity contribution is -0.379. The lowest BCUT2D eigenvalue weighted by Gasteiger charge is -2.16. The van der Waals surface area contributed by atoms with E-state index in [9.17, 15) is 24.0 Å². The van der Waals surface area contributed by atoms with E-state index in [0.29, 0.717) is 5.57 Å². The number of ketones is 1. The number of esters is 2. The van der Waals surface area contributed by atoms with Gasteiger partial charge in [-0.25, -0.2) is 15.6 Å². The van der Waals surface area contributed by atoms with Gasteiger partial charge in [0.2, 0.25) is 5.91 Å². The van der Waals surface area contributed by atoms with Crippen LogP contribution in [0.2, 0.25) is 0 Å². The minimum absolute atomic E-state index is 0. The van der Waals surface area contributed by atoms with Gasteiger partial charge in [-0.3, -0.25) is 36.3 Å². The van der Waals surface area contributed by atoms with Crippen LogP contribution in [0.25, 0.3) is 0 Å². The molecule has 2 aliphatic heterocycles. The molecule has 0 radical (unpaired) electrons. The number of hydrogen-bond acceptors (Lipinski definition) is 11. The molecule has 39 heavy (non-hydrogen) atoms. The highest BCUT2D eigenvalue weighted by Gasteiger charge is 2.35. The first-order valence-corrected chi connectivity index (χ1v) is 11.9. The molecule has 0 aromatic carbocycles. The monoisotopic (exact) mass is 570 g/mol. The molecule has 232 valence electrons.